The highest BCUT2D eigenvalue weighted by Crippen LogP contribution is 2.44. The average molecular weight is 413 g/mol. The molecule has 4 aromatic rings. The molecule has 0 saturated heterocycles. The van der Waals surface area contributed by atoms with E-state index < -0.39 is 0 Å². The third-order valence-corrected chi connectivity index (χ3v) is 6.15. The van der Waals surface area contributed by atoms with Crippen LogP contribution in [0.4, 0.5) is 5.69 Å². The molecule has 0 fully saturated rings. The smallest absolute Gasteiger partial charge is 0.225 e. The van der Waals surface area contributed by atoms with Gasteiger partial charge in [0.25, 0.3) is 0 Å². The van der Waals surface area contributed by atoms with Crippen LogP contribution in [-0.4, -0.2) is 26.8 Å². The van der Waals surface area contributed by atoms with Gasteiger partial charge in [-0.1, -0.05) is 60.3 Å². The fourth-order valence-electron chi connectivity index (χ4n) is 3.80. The summed E-state index contributed by atoms with van der Waals surface area (Å²) in [5, 5.41) is 14.7. The van der Waals surface area contributed by atoms with Gasteiger partial charge in [-0.3, -0.25) is 4.79 Å². The molecule has 5 nitrogen and oxygen atoms in total. The maximum Gasteiger partial charge on any atom is 0.225 e. The molecule has 1 N–H and O–H groups in total. The zero-order valence-electron chi connectivity index (χ0n) is 16.8. The number of benzene rings is 3. The first-order chi connectivity index (χ1) is 14.6. The number of nitrogens with zero attached hydrogens (tertiary/aromatic N) is 3. The summed E-state index contributed by atoms with van der Waals surface area (Å²) in [6, 6.07) is 18.5. The van der Waals surface area contributed by atoms with Crippen molar-refractivity contribution in [3.05, 3.63) is 65.7 Å². The Bertz CT molecular complexity index is 1300. The lowest BCUT2D eigenvalue weighted by atomic mass is 10.0. The van der Waals surface area contributed by atoms with E-state index in [-0.39, 0.29) is 5.91 Å². The predicted molar refractivity (Wildman–Crippen MR) is 122 cm³/mol. The van der Waals surface area contributed by atoms with Crippen LogP contribution in [0.25, 0.3) is 33.3 Å². The molecule has 0 spiro atoms. The lowest BCUT2D eigenvalue weighted by Crippen LogP contribution is -2.13. The molecule has 0 radical (unpaired) electrons. The van der Waals surface area contributed by atoms with E-state index in [1.807, 2.05) is 44.2 Å². The molecule has 0 atom stereocenters. The van der Waals surface area contributed by atoms with Gasteiger partial charge in [-0.05, 0) is 36.4 Å². The summed E-state index contributed by atoms with van der Waals surface area (Å²) in [6.45, 7) is 4.01. The minimum Gasteiger partial charge on any atom is -0.326 e. The zero-order chi connectivity index (χ0) is 20.7. The lowest BCUT2D eigenvalue weighted by Gasteiger charge is -2.09. The summed E-state index contributed by atoms with van der Waals surface area (Å²) in [4.78, 5) is 17.1. The normalized spacial score (nSPS) is 11.5. The van der Waals surface area contributed by atoms with Crippen molar-refractivity contribution in [2.24, 2.45) is 0 Å². The van der Waals surface area contributed by atoms with Crippen LogP contribution in [0.5, 0.6) is 0 Å². The third kappa shape index (κ3) is 3.33. The second kappa shape index (κ2) is 7.54. The van der Waals surface area contributed by atoms with Crippen molar-refractivity contribution in [3.63, 3.8) is 0 Å². The van der Waals surface area contributed by atoms with Crippen LogP contribution >= 0.6 is 11.8 Å². The number of hydrogen-bond acceptors (Lipinski definition) is 5. The fourth-order valence-corrected chi connectivity index (χ4v) is 4.52. The SMILES string of the molecule is Cc1ccc(C)c(NC(=O)CCSc2nnc3c(n2)-c2cccc4cccc-3c24)c1. The number of anilines is 1. The molecule has 5 rings (SSSR count). The largest absolute Gasteiger partial charge is 0.326 e. The van der Waals surface area contributed by atoms with Gasteiger partial charge in [0, 0.05) is 34.4 Å². The maximum atomic E-state index is 12.3. The Morgan fingerprint density at radius 1 is 0.967 bits per heavy atom. The highest BCUT2D eigenvalue weighted by Gasteiger charge is 2.24. The van der Waals surface area contributed by atoms with Crippen molar-refractivity contribution in [2.45, 2.75) is 25.4 Å². The summed E-state index contributed by atoms with van der Waals surface area (Å²) in [7, 11) is 0. The average Bonchev–Trinajstić information content (AvgIpc) is 3.06. The molecule has 0 aliphatic heterocycles. The Labute approximate surface area is 179 Å². The molecule has 0 unspecified atom stereocenters. The van der Waals surface area contributed by atoms with Crippen molar-refractivity contribution in [2.75, 3.05) is 11.1 Å². The number of nitrogens with one attached hydrogen (secondary N) is 1. The van der Waals surface area contributed by atoms with Gasteiger partial charge in [0.1, 0.15) is 11.4 Å². The molecule has 1 amide bonds. The first-order valence-corrected chi connectivity index (χ1v) is 10.9. The number of aromatic nitrogens is 3. The number of fused-ring (bicyclic) bond motifs is 3. The molecule has 3 aromatic carbocycles. The number of rotatable bonds is 5. The number of amides is 1. The number of hydrogen-bond donors (Lipinski definition) is 1. The molecule has 148 valence electrons. The molecular formula is C24H20N4OS. The van der Waals surface area contributed by atoms with E-state index in [1.165, 1.54) is 22.5 Å². The fraction of sp³-hybridized carbons (Fsp3) is 0.167. The van der Waals surface area contributed by atoms with E-state index in [1.54, 1.807) is 0 Å². The molecule has 1 aliphatic rings. The molecule has 1 aromatic heterocycles. The first-order valence-electron chi connectivity index (χ1n) is 9.87. The van der Waals surface area contributed by atoms with Crippen LogP contribution in [0, 0.1) is 13.8 Å². The summed E-state index contributed by atoms with van der Waals surface area (Å²) in [5.74, 6) is 0.580. The molecule has 6 heteroatoms. The van der Waals surface area contributed by atoms with E-state index >= 15 is 0 Å². The van der Waals surface area contributed by atoms with Crippen molar-refractivity contribution >= 4 is 34.1 Å². The lowest BCUT2D eigenvalue weighted by molar-refractivity contribution is -0.115. The van der Waals surface area contributed by atoms with Crippen molar-refractivity contribution < 1.29 is 4.79 Å². The minimum atomic E-state index is -0.0116. The Kier molecular flexibility index (Phi) is 4.71. The molecule has 0 saturated carbocycles. The van der Waals surface area contributed by atoms with Crippen LogP contribution in [0.2, 0.25) is 0 Å². The van der Waals surface area contributed by atoms with Crippen LogP contribution in [-0.2, 0) is 4.79 Å². The number of thioether (sulfide) groups is 1. The van der Waals surface area contributed by atoms with Crippen LogP contribution in [0.1, 0.15) is 17.5 Å². The quantitative estimate of drug-likeness (QED) is 0.391. The van der Waals surface area contributed by atoms with Crippen molar-refractivity contribution in [1.82, 2.24) is 15.2 Å². The molecule has 30 heavy (non-hydrogen) atoms. The summed E-state index contributed by atoms with van der Waals surface area (Å²) >= 11 is 1.46. The standard InChI is InChI=1S/C24H20N4OS/c1-14-9-10-15(2)19(13-14)25-20(29)11-12-30-24-26-22-17-7-3-5-16-6-4-8-18(21(16)17)23(22)27-28-24/h3-10,13H,11-12H2,1-2H3,(H,25,29). The molecule has 1 aliphatic carbocycles. The van der Waals surface area contributed by atoms with Gasteiger partial charge in [-0.2, -0.15) is 0 Å². The molecule has 0 bridgehead atoms. The number of aryl methyl sites for hydroxylation is 2. The van der Waals surface area contributed by atoms with Crippen LogP contribution in [0.15, 0.2) is 59.8 Å². The van der Waals surface area contributed by atoms with Crippen molar-refractivity contribution in [1.29, 1.82) is 0 Å². The third-order valence-electron chi connectivity index (χ3n) is 5.31. The van der Waals surface area contributed by atoms with E-state index in [4.69, 9.17) is 4.98 Å². The first kappa shape index (κ1) is 18.8. The number of carbonyl (C=O) groups is 1. The molecular weight excluding hydrogens is 392 g/mol. The van der Waals surface area contributed by atoms with Crippen LogP contribution < -0.4 is 5.32 Å². The Balaban J connectivity index is 1.28. The van der Waals surface area contributed by atoms with Gasteiger partial charge in [0.05, 0.1) is 0 Å². The van der Waals surface area contributed by atoms with E-state index in [0.717, 1.165) is 39.3 Å². The topological polar surface area (TPSA) is 67.8 Å². The predicted octanol–water partition coefficient (Wildman–Crippen LogP) is 5.41. The minimum absolute atomic E-state index is 0.0116. The van der Waals surface area contributed by atoms with Gasteiger partial charge >= 0.3 is 0 Å². The Morgan fingerprint density at radius 2 is 1.73 bits per heavy atom. The highest BCUT2D eigenvalue weighted by molar-refractivity contribution is 7.99. The monoisotopic (exact) mass is 412 g/mol. The number of carbonyl (C=O) groups excluding carboxylic acids is 1. The van der Waals surface area contributed by atoms with Gasteiger partial charge < -0.3 is 5.32 Å². The van der Waals surface area contributed by atoms with E-state index in [9.17, 15) is 4.79 Å². The Hall–Kier alpha value is -3.25. The second-order valence-corrected chi connectivity index (χ2v) is 8.53. The van der Waals surface area contributed by atoms with Gasteiger partial charge in [-0.15, -0.1) is 10.2 Å². The summed E-state index contributed by atoms with van der Waals surface area (Å²) in [5.41, 5.74) is 6.94. The van der Waals surface area contributed by atoms with Gasteiger partial charge in [0.2, 0.25) is 11.1 Å². The zero-order valence-corrected chi connectivity index (χ0v) is 17.6. The van der Waals surface area contributed by atoms with Gasteiger partial charge in [-0.25, -0.2) is 4.98 Å². The van der Waals surface area contributed by atoms with Crippen molar-refractivity contribution in [3.8, 4) is 22.5 Å². The summed E-state index contributed by atoms with van der Waals surface area (Å²) in [6.07, 6.45) is 0.383. The maximum absolute atomic E-state index is 12.3. The van der Waals surface area contributed by atoms with E-state index in [0.29, 0.717) is 17.3 Å². The van der Waals surface area contributed by atoms with Gasteiger partial charge in [0.15, 0.2) is 0 Å². The Morgan fingerprint density at radius 3 is 2.53 bits per heavy atom. The molecule has 1 heterocycles. The highest BCUT2D eigenvalue weighted by atomic mass is 32.2. The summed E-state index contributed by atoms with van der Waals surface area (Å²) < 4.78 is 0. The second-order valence-electron chi connectivity index (χ2n) is 7.47. The van der Waals surface area contributed by atoms with E-state index in [2.05, 4.69) is 39.8 Å². The van der Waals surface area contributed by atoms with Crippen LogP contribution in [0.3, 0.4) is 0 Å².